The van der Waals surface area contributed by atoms with Gasteiger partial charge in [0.2, 0.25) is 11.8 Å². The van der Waals surface area contributed by atoms with E-state index in [4.69, 9.17) is 9.47 Å². The monoisotopic (exact) mass is 754 g/mol. The highest BCUT2D eigenvalue weighted by atomic mass is 16.5. The highest BCUT2D eigenvalue weighted by Gasteiger charge is 2.43. The van der Waals surface area contributed by atoms with Gasteiger partial charge in [-0.25, -0.2) is 9.59 Å². The van der Waals surface area contributed by atoms with Crippen LogP contribution in [0.3, 0.4) is 0 Å². The largest absolute Gasteiger partial charge is 0.464 e. The van der Waals surface area contributed by atoms with E-state index < -0.39 is 36.1 Å². The number of carbonyl (C=O) groups excluding carboxylic acids is 4. The molecule has 10 heteroatoms. The van der Waals surface area contributed by atoms with Gasteiger partial charge in [0.1, 0.15) is 24.2 Å². The van der Waals surface area contributed by atoms with E-state index in [1.807, 2.05) is 60.7 Å². The third-order valence-electron chi connectivity index (χ3n) is 10.2. The molecule has 4 rings (SSSR count). The number of nitrogens with zero attached hydrogens (tertiary/aromatic N) is 2. The number of aromatic nitrogens is 1. The van der Waals surface area contributed by atoms with E-state index in [1.54, 1.807) is 29.4 Å². The number of hydrogen-bond acceptors (Lipinski definition) is 8. The van der Waals surface area contributed by atoms with Crippen LogP contribution in [0.1, 0.15) is 115 Å². The van der Waals surface area contributed by atoms with Gasteiger partial charge in [-0.05, 0) is 48.9 Å². The summed E-state index contributed by atoms with van der Waals surface area (Å²) in [6.07, 6.45) is 17.3. The number of esters is 2. The van der Waals surface area contributed by atoms with Gasteiger partial charge >= 0.3 is 11.9 Å². The van der Waals surface area contributed by atoms with E-state index in [9.17, 15) is 19.2 Å². The van der Waals surface area contributed by atoms with Gasteiger partial charge in [0.05, 0.1) is 13.2 Å². The summed E-state index contributed by atoms with van der Waals surface area (Å²) in [6, 6.07) is 19.3. The van der Waals surface area contributed by atoms with Crippen LogP contribution in [0, 0.1) is 0 Å². The van der Waals surface area contributed by atoms with Gasteiger partial charge in [-0.2, -0.15) is 0 Å². The number of pyridine rings is 1. The van der Waals surface area contributed by atoms with Crippen molar-refractivity contribution in [2.75, 3.05) is 18.1 Å². The molecule has 0 radical (unpaired) electrons. The summed E-state index contributed by atoms with van der Waals surface area (Å²) in [6.45, 7) is 4.96. The molecule has 0 spiro atoms. The molecule has 0 unspecified atom stereocenters. The Morgan fingerprint density at radius 2 is 1.00 bits per heavy atom. The van der Waals surface area contributed by atoms with Crippen LogP contribution in [0.4, 0.5) is 5.69 Å². The van der Waals surface area contributed by atoms with Gasteiger partial charge in [-0.1, -0.05) is 139 Å². The van der Waals surface area contributed by atoms with Crippen molar-refractivity contribution in [2.24, 2.45) is 0 Å². The van der Waals surface area contributed by atoms with Gasteiger partial charge in [0.15, 0.2) is 0 Å². The molecule has 0 aliphatic carbocycles. The highest BCUT2D eigenvalue weighted by molar-refractivity contribution is 5.95. The number of amides is 2. The standard InChI is InChI=1S/C45H62N4O6/c1-3-5-7-9-11-19-31-54-44(52)38(33-35-21-15-13-16-22-35)47-42(50)40-25-26-41(49(40)37-27-29-46-30-28-37)43(51)48-39(34-36-23-17-14-18-24-36)45(53)55-32-20-12-10-8-6-4-2/h13-18,21-24,27-30,38-41H,3-12,19-20,25-26,31-34H2,1-2H3,(H,47,50)(H,48,51)/t38-,39-,40-,41-/m0/s1. The first-order valence-corrected chi connectivity index (χ1v) is 20.6. The van der Waals surface area contributed by atoms with Crippen molar-refractivity contribution in [1.82, 2.24) is 15.6 Å². The molecule has 2 amide bonds. The zero-order chi connectivity index (χ0) is 39.1. The SMILES string of the molecule is CCCCCCCCOC(=O)[C@H](Cc1ccccc1)NC(=O)[C@@H]1CC[C@@H](C(=O)N[C@@H](Cc2ccccc2)C(=O)OCCCCCCCC)N1c1ccncc1. The smallest absolute Gasteiger partial charge is 0.328 e. The molecule has 1 aromatic heterocycles. The summed E-state index contributed by atoms with van der Waals surface area (Å²) >= 11 is 0. The number of hydrogen-bond donors (Lipinski definition) is 2. The Balaban J connectivity index is 1.46. The lowest BCUT2D eigenvalue weighted by atomic mass is 10.0. The molecule has 0 bridgehead atoms. The third kappa shape index (κ3) is 14.8. The molecule has 1 saturated heterocycles. The molecule has 298 valence electrons. The molecule has 10 nitrogen and oxygen atoms in total. The zero-order valence-corrected chi connectivity index (χ0v) is 33.0. The number of unbranched alkanes of at least 4 members (excludes halogenated alkanes) is 10. The molecular weight excluding hydrogens is 693 g/mol. The number of anilines is 1. The lowest BCUT2D eigenvalue weighted by molar-refractivity contribution is -0.148. The molecule has 2 heterocycles. The highest BCUT2D eigenvalue weighted by Crippen LogP contribution is 2.31. The summed E-state index contributed by atoms with van der Waals surface area (Å²) in [4.78, 5) is 61.3. The summed E-state index contributed by atoms with van der Waals surface area (Å²) in [5, 5.41) is 5.99. The predicted octanol–water partition coefficient (Wildman–Crippen LogP) is 7.68. The average molecular weight is 755 g/mol. The van der Waals surface area contributed by atoms with Crippen LogP contribution in [0.5, 0.6) is 0 Å². The molecule has 1 fully saturated rings. The second kappa shape index (κ2) is 24.6. The van der Waals surface area contributed by atoms with Crippen molar-refractivity contribution in [3.8, 4) is 0 Å². The normalized spacial score (nSPS) is 16.2. The van der Waals surface area contributed by atoms with E-state index in [0.717, 1.165) is 49.7 Å². The van der Waals surface area contributed by atoms with Gasteiger partial charge < -0.3 is 25.0 Å². The zero-order valence-electron chi connectivity index (χ0n) is 33.0. The Morgan fingerprint density at radius 1 is 0.600 bits per heavy atom. The Labute approximate surface area is 328 Å². The quantitative estimate of drug-likeness (QED) is 0.0667. The van der Waals surface area contributed by atoms with Crippen molar-refractivity contribution in [3.05, 3.63) is 96.3 Å². The molecule has 4 atom stereocenters. The van der Waals surface area contributed by atoms with E-state index >= 15 is 0 Å². The average Bonchev–Trinajstić information content (AvgIpc) is 3.66. The predicted molar refractivity (Wildman–Crippen MR) is 216 cm³/mol. The Kier molecular flexibility index (Phi) is 19.3. The van der Waals surface area contributed by atoms with E-state index in [-0.39, 0.29) is 24.7 Å². The molecule has 2 N–H and O–H groups in total. The number of carbonyl (C=O) groups is 4. The third-order valence-corrected chi connectivity index (χ3v) is 10.2. The van der Waals surface area contributed by atoms with Gasteiger partial charge in [0.25, 0.3) is 0 Å². The van der Waals surface area contributed by atoms with Gasteiger partial charge in [-0.15, -0.1) is 0 Å². The number of ether oxygens (including phenoxy) is 2. The fourth-order valence-electron chi connectivity index (χ4n) is 7.14. The number of rotatable bonds is 25. The second-order valence-electron chi connectivity index (χ2n) is 14.6. The number of nitrogens with one attached hydrogen (secondary N) is 2. The van der Waals surface area contributed by atoms with Crippen LogP contribution in [0.25, 0.3) is 0 Å². The maximum atomic E-state index is 14.2. The lowest BCUT2D eigenvalue weighted by Crippen LogP contribution is -2.56. The van der Waals surface area contributed by atoms with Crippen LogP contribution in [-0.2, 0) is 41.5 Å². The molecule has 2 aromatic carbocycles. The maximum absolute atomic E-state index is 14.2. The van der Waals surface area contributed by atoms with E-state index in [1.165, 1.54) is 38.5 Å². The summed E-state index contributed by atoms with van der Waals surface area (Å²) in [5.74, 6) is -1.69. The van der Waals surface area contributed by atoms with Crippen molar-refractivity contribution >= 4 is 29.4 Å². The van der Waals surface area contributed by atoms with Crippen LogP contribution >= 0.6 is 0 Å². The maximum Gasteiger partial charge on any atom is 0.328 e. The van der Waals surface area contributed by atoms with Crippen LogP contribution in [0.15, 0.2) is 85.2 Å². The molecular formula is C45H62N4O6. The first kappa shape index (κ1) is 43.0. The second-order valence-corrected chi connectivity index (χ2v) is 14.6. The Hall–Kier alpha value is -4.73. The van der Waals surface area contributed by atoms with Crippen molar-refractivity contribution in [3.63, 3.8) is 0 Å². The van der Waals surface area contributed by atoms with E-state index in [0.29, 0.717) is 31.7 Å². The molecule has 1 aliphatic heterocycles. The topological polar surface area (TPSA) is 127 Å². The number of benzene rings is 2. The van der Waals surface area contributed by atoms with Crippen LogP contribution in [-0.4, -0.2) is 66.1 Å². The summed E-state index contributed by atoms with van der Waals surface area (Å²) in [7, 11) is 0. The minimum absolute atomic E-state index is 0.274. The van der Waals surface area contributed by atoms with Gasteiger partial charge in [0, 0.05) is 30.9 Å². The van der Waals surface area contributed by atoms with Crippen molar-refractivity contribution in [1.29, 1.82) is 0 Å². The summed E-state index contributed by atoms with van der Waals surface area (Å²) in [5.41, 5.74) is 2.43. The fourth-order valence-corrected chi connectivity index (χ4v) is 7.14. The van der Waals surface area contributed by atoms with Crippen molar-refractivity contribution in [2.45, 2.75) is 141 Å². The van der Waals surface area contributed by atoms with Crippen molar-refractivity contribution < 1.29 is 28.7 Å². The molecule has 3 aromatic rings. The molecule has 1 aliphatic rings. The minimum Gasteiger partial charge on any atom is -0.464 e. The minimum atomic E-state index is -0.904. The first-order chi connectivity index (χ1) is 26.9. The van der Waals surface area contributed by atoms with Gasteiger partial charge in [-0.3, -0.25) is 14.6 Å². The summed E-state index contributed by atoms with van der Waals surface area (Å²) < 4.78 is 11.4. The lowest BCUT2D eigenvalue weighted by Gasteiger charge is -2.32. The Bertz CT molecular complexity index is 1460. The van der Waals surface area contributed by atoms with Crippen LogP contribution in [0.2, 0.25) is 0 Å². The first-order valence-electron chi connectivity index (χ1n) is 20.6. The Morgan fingerprint density at radius 3 is 1.42 bits per heavy atom. The molecule has 0 saturated carbocycles. The van der Waals surface area contributed by atoms with E-state index in [2.05, 4.69) is 29.5 Å². The molecule has 55 heavy (non-hydrogen) atoms. The van der Waals surface area contributed by atoms with Crippen LogP contribution < -0.4 is 15.5 Å². The fraction of sp³-hybridized carbons (Fsp3) is 0.533.